The maximum absolute atomic E-state index is 6.51. The highest BCUT2D eigenvalue weighted by molar-refractivity contribution is 6.31. The molecule has 1 heterocycles. The summed E-state index contributed by atoms with van der Waals surface area (Å²) in [6.07, 6.45) is 3.62. The molecule has 0 radical (unpaired) electrons. The Balaban J connectivity index is 1.69. The molecule has 0 aliphatic rings. The average molecular weight is 397 g/mol. The van der Waals surface area contributed by atoms with E-state index in [9.17, 15) is 0 Å². The molecule has 4 nitrogen and oxygen atoms in total. The van der Waals surface area contributed by atoms with Crippen LogP contribution in [0.4, 0.5) is 0 Å². The molecular weight excluding hydrogens is 372 g/mol. The van der Waals surface area contributed by atoms with Gasteiger partial charge in [0, 0.05) is 36.6 Å². The van der Waals surface area contributed by atoms with E-state index >= 15 is 0 Å². The lowest BCUT2D eigenvalue weighted by Crippen LogP contribution is -2.13. The summed E-state index contributed by atoms with van der Waals surface area (Å²) in [5, 5.41) is 4.05. The van der Waals surface area contributed by atoms with Crippen LogP contribution in [0, 0.1) is 6.92 Å². The van der Waals surface area contributed by atoms with E-state index in [2.05, 4.69) is 29.4 Å². The van der Waals surface area contributed by atoms with Crippen LogP contribution in [0.25, 0.3) is 0 Å². The molecule has 0 unspecified atom stereocenters. The van der Waals surface area contributed by atoms with Gasteiger partial charge in [-0.2, -0.15) is 0 Å². The zero-order valence-electron chi connectivity index (χ0n) is 16.2. The average Bonchev–Trinajstić information content (AvgIpc) is 2.71. The number of benzene rings is 2. The number of hydrogen-bond donors (Lipinski definition) is 1. The van der Waals surface area contributed by atoms with Gasteiger partial charge in [0.05, 0.1) is 6.61 Å². The van der Waals surface area contributed by atoms with E-state index in [0.29, 0.717) is 36.3 Å². The van der Waals surface area contributed by atoms with E-state index in [1.165, 1.54) is 5.56 Å². The fraction of sp³-hybridized carbons (Fsp3) is 0.261. The minimum Gasteiger partial charge on any atom is -0.490 e. The van der Waals surface area contributed by atoms with Crippen LogP contribution in [0.2, 0.25) is 5.02 Å². The van der Waals surface area contributed by atoms with Gasteiger partial charge in [-0.3, -0.25) is 4.98 Å². The van der Waals surface area contributed by atoms with Crippen molar-refractivity contribution in [3.63, 3.8) is 0 Å². The van der Waals surface area contributed by atoms with E-state index in [1.54, 1.807) is 6.20 Å². The highest BCUT2D eigenvalue weighted by Crippen LogP contribution is 2.34. The van der Waals surface area contributed by atoms with Gasteiger partial charge >= 0.3 is 0 Å². The highest BCUT2D eigenvalue weighted by Gasteiger charge is 2.12. The first-order valence-corrected chi connectivity index (χ1v) is 9.77. The largest absolute Gasteiger partial charge is 0.490 e. The number of hydrogen-bond acceptors (Lipinski definition) is 4. The van der Waals surface area contributed by atoms with Crippen molar-refractivity contribution in [1.29, 1.82) is 0 Å². The van der Waals surface area contributed by atoms with Crippen molar-refractivity contribution in [3.05, 3.63) is 88.2 Å². The van der Waals surface area contributed by atoms with Gasteiger partial charge in [0.1, 0.15) is 6.61 Å². The number of nitrogens with one attached hydrogen (secondary N) is 1. The molecule has 0 fully saturated rings. The fourth-order valence-corrected chi connectivity index (χ4v) is 3.09. The van der Waals surface area contributed by atoms with Crippen LogP contribution >= 0.6 is 11.6 Å². The van der Waals surface area contributed by atoms with Gasteiger partial charge in [-0.25, -0.2) is 0 Å². The summed E-state index contributed by atoms with van der Waals surface area (Å²) in [5.74, 6) is 1.37. The molecule has 1 aromatic heterocycles. The highest BCUT2D eigenvalue weighted by atomic mass is 35.5. The zero-order valence-corrected chi connectivity index (χ0v) is 17.0. The molecule has 1 N–H and O–H groups in total. The molecule has 28 heavy (non-hydrogen) atoms. The van der Waals surface area contributed by atoms with Crippen LogP contribution in [-0.2, 0) is 19.7 Å². The molecule has 0 atom stereocenters. The summed E-state index contributed by atoms with van der Waals surface area (Å²) < 4.78 is 11.8. The van der Waals surface area contributed by atoms with Crippen molar-refractivity contribution >= 4 is 11.6 Å². The van der Waals surface area contributed by atoms with E-state index in [-0.39, 0.29) is 0 Å². The van der Waals surface area contributed by atoms with Gasteiger partial charge in [0.2, 0.25) is 0 Å². The van der Waals surface area contributed by atoms with Crippen molar-refractivity contribution < 1.29 is 9.47 Å². The summed E-state index contributed by atoms with van der Waals surface area (Å²) in [5.41, 5.74) is 4.44. The zero-order chi connectivity index (χ0) is 19.8. The molecular formula is C23H25ClN2O2. The molecule has 5 heteroatoms. The van der Waals surface area contributed by atoms with E-state index in [1.807, 2.05) is 49.5 Å². The first-order chi connectivity index (χ1) is 13.7. The Morgan fingerprint density at radius 2 is 1.79 bits per heavy atom. The number of aryl methyl sites for hydroxylation is 1. The number of halogens is 1. The second kappa shape index (κ2) is 10.1. The molecule has 0 bridgehead atoms. The molecule has 0 aliphatic carbocycles. The van der Waals surface area contributed by atoms with Crippen LogP contribution in [0.5, 0.6) is 11.5 Å². The fourth-order valence-electron chi connectivity index (χ4n) is 2.87. The third-order valence-corrected chi connectivity index (χ3v) is 4.78. The first-order valence-electron chi connectivity index (χ1n) is 9.39. The second-order valence-corrected chi connectivity index (χ2v) is 6.91. The Morgan fingerprint density at radius 3 is 2.54 bits per heavy atom. The molecule has 0 aliphatic heterocycles. The van der Waals surface area contributed by atoms with Crippen molar-refractivity contribution in [1.82, 2.24) is 10.3 Å². The third-order valence-electron chi connectivity index (χ3n) is 4.42. The molecule has 0 spiro atoms. The van der Waals surface area contributed by atoms with Crippen LogP contribution in [0.1, 0.15) is 29.2 Å². The van der Waals surface area contributed by atoms with Gasteiger partial charge in [-0.15, -0.1) is 0 Å². The number of nitrogens with zero attached hydrogens (tertiary/aromatic N) is 1. The first kappa shape index (κ1) is 20.2. The molecule has 2 aromatic carbocycles. The van der Waals surface area contributed by atoms with Gasteiger partial charge in [-0.1, -0.05) is 41.9 Å². The smallest absolute Gasteiger partial charge is 0.163 e. The predicted octanol–water partition coefficient (Wildman–Crippen LogP) is 5.31. The SMILES string of the molecule is CCOc1cc(CNCc2cccnc2)c(Cl)cc1OCc1ccccc1C. The van der Waals surface area contributed by atoms with Gasteiger partial charge in [-0.05, 0) is 48.2 Å². The van der Waals surface area contributed by atoms with E-state index in [0.717, 1.165) is 23.2 Å². The number of rotatable bonds is 9. The molecule has 3 rings (SSSR count). The van der Waals surface area contributed by atoms with Crippen LogP contribution < -0.4 is 14.8 Å². The molecule has 0 saturated carbocycles. The second-order valence-electron chi connectivity index (χ2n) is 6.50. The maximum atomic E-state index is 6.51. The normalized spacial score (nSPS) is 10.7. The Morgan fingerprint density at radius 1 is 0.964 bits per heavy atom. The van der Waals surface area contributed by atoms with Crippen molar-refractivity contribution in [3.8, 4) is 11.5 Å². The minimum absolute atomic E-state index is 0.474. The predicted molar refractivity (Wildman–Crippen MR) is 113 cm³/mol. The maximum Gasteiger partial charge on any atom is 0.163 e. The minimum atomic E-state index is 0.474. The molecule has 0 amide bonds. The van der Waals surface area contributed by atoms with Crippen LogP contribution in [0.3, 0.4) is 0 Å². The van der Waals surface area contributed by atoms with E-state index in [4.69, 9.17) is 21.1 Å². The summed E-state index contributed by atoms with van der Waals surface area (Å²) in [7, 11) is 0. The lowest BCUT2D eigenvalue weighted by atomic mass is 10.1. The van der Waals surface area contributed by atoms with Gasteiger partial charge in [0.25, 0.3) is 0 Å². The van der Waals surface area contributed by atoms with E-state index < -0.39 is 0 Å². The summed E-state index contributed by atoms with van der Waals surface area (Å²) in [4.78, 5) is 4.13. The lowest BCUT2D eigenvalue weighted by Gasteiger charge is -2.16. The summed E-state index contributed by atoms with van der Waals surface area (Å²) in [6.45, 7) is 6.42. The third kappa shape index (κ3) is 5.47. The van der Waals surface area contributed by atoms with Crippen LogP contribution in [0.15, 0.2) is 60.9 Å². The van der Waals surface area contributed by atoms with Gasteiger partial charge < -0.3 is 14.8 Å². The Bertz CT molecular complexity index is 900. The Kier molecular flexibility index (Phi) is 7.29. The number of pyridine rings is 1. The summed E-state index contributed by atoms with van der Waals surface area (Å²) in [6, 6.07) is 15.9. The summed E-state index contributed by atoms with van der Waals surface area (Å²) >= 11 is 6.51. The van der Waals surface area contributed by atoms with Crippen LogP contribution in [-0.4, -0.2) is 11.6 Å². The van der Waals surface area contributed by atoms with Crippen molar-refractivity contribution in [2.24, 2.45) is 0 Å². The van der Waals surface area contributed by atoms with Crippen molar-refractivity contribution in [2.45, 2.75) is 33.5 Å². The molecule has 3 aromatic rings. The quantitative estimate of drug-likeness (QED) is 0.532. The van der Waals surface area contributed by atoms with Gasteiger partial charge in [0.15, 0.2) is 11.5 Å². The lowest BCUT2D eigenvalue weighted by molar-refractivity contribution is 0.268. The molecule has 0 saturated heterocycles. The standard InChI is InChI=1S/C23H25ClN2O2/c1-3-27-22-11-20(15-26-14-18-8-6-10-25-13-18)21(24)12-23(22)28-16-19-9-5-4-7-17(19)2/h4-13,26H,3,14-16H2,1-2H3. The number of aromatic nitrogens is 1. The molecule has 146 valence electrons. The Hall–Kier alpha value is -2.56. The number of ether oxygens (including phenoxy) is 2. The Labute approximate surface area is 171 Å². The monoisotopic (exact) mass is 396 g/mol. The van der Waals surface area contributed by atoms with Crippen molar-refractivity contribution in [2.75, 3.05) is 6.61 Å². The topological polar surface area (TPSA) is 43.4 Å².